The lowest BCUT2D eigenvalue weighted by Gasteiger charge is -2.31. The molecule has 1 aromatic rings. The largest absolute Gasteiger partial charge is 0.370 e. The zero-order valence-corrected chi connectivity index (χ0v) is 14.2. The van der Waals surface area contributed by atoms with Crippen LogP contribution in [0.3, 0.4) is 0 Å². The van der Waals surface area contributed by atoms with Crippen molar-refractivity contribution in [3.05, 3.63) is 28.8 Å². The van der Waals surface area contributed by atoms with E-state index in [-0.39, 0.29) is 0 Å². The Hall–Kier alpha value is -0.380. The summed E-state index contributed by atoms with van der Waals surface area (Å²) in [6.07, 6.45) is 5.93. The lowest BCUT2D eigenvalue weighted by molar-refractivity contribution is 0.656. The van der Waals surface area contributed by atoms with Crippen molar-refractivity contribution in [1.82, 2.24) is 5.32 Å². The minimum absolute atomic E-state index is 0.558. The standard InChI is InChI=1S/C16H25ClN2S/c1-4-13(11-20-3)19(2)16-7-5-6-15(17)14(16)10-18-12-8-9-12/h5-7,12-13,18H,4,8-11H2,1-3H3. The summed E-state index contributed by atoms with van der Waals surface area (Å²) < 4.78 is 0. The summed E-state index contributed by atoms with van der Waals surface area (Å²) >= 11 is 8.34. The number of hydrogen-bond acceptors (Lipinski definition) is 3. The van der Waals surface area contributed by atoms with Crippen LogP contribution in [-0.2, 0) is 6.54 Å². The fourth-order valence-electron chi connectivity index (χ4n) is 2.48. The minimum Gasteiger partial charge on any atom is -0.370 e. The van der Waals surface area contributed by atoms with Gasteiger partial charge in [-0.1, -0.05) is 24.6 Å². The molecule has 0 spiro atoms. The number of anilines is 1. The first-order valence-corrected chi connectivity index (χ1v) is 9.17. The lowest BCUT2D eigenvalue weighted by atomic mass is 10.1. The predicted octanol–water partition coefficient (Wildman–Crippen LogP) is 4.17. The van der Waals surface area contributed by atoms with Crippen LogP contribution in [0.1, 0.15) is 31.7 Å². The number of benzene rings is 1. The molecule has 0 saturated heterocycles. The molecule has 1 aromatic carbocycles. The van der Waals surface area contributed by atoms with Crippen LogP contribution in [0.5, 0.6) is 0 Å². The highest BCUT2D eigenvalue weighted by molar-refractivity contribution is 7.98. The van der Waals surface area contributed by atoms with Crippen LogP contribution in [0.25, 0.3) is 0 Å². The van der Waals surface area contributed by atoms with Gasteiger partial charge in [0.1, 0.15) is 0 Å². The molecule has 0 bridgehead atoms. The summed E-state index contributed by atoms with van der Waals surface area (Å²) in [7, 11) is 2.19. The van der Waals surface area contributed by atoms with Gasteiger partial charge in [0.15, 0.2) is 0 Å². The Morgan fingerprint density at radius 2 is 2.20 bits per heavy atom. The second-order valence-corrected chi connectivity index (χ2v) is 6.84. The number of hydrogen-bond donors (Lipinski definition) is 1. The predicted molar refractivity (Wildman–Crippen MR) is 92.2 cm³/mol. The van der Waals surface area contributed by atoms with Crippen LogP contribution < -0.4 is 10.2 Å². The molecule has 20 heavy (non-hydrogen) atoms. The molecular formula is C16H25ClN2S. The Labute approximate surface area is 132 Å². The van der Waals surface area contributed by atoms with E-state index in [0.29, 0.717) is 12.1 Å². The van der Waals surface area contributed by atoms with Crippen molar-refractivity contribution in [1.29, 1.82) is 0 Å². The third-order valence-corrected chi connectivity index (χ3v) is 5.07. The van der Waals surface area contributed by atoms with E-state index in [2.05, 4.69) is 42.6 Å². The number of thioether (sulfide) groups is 1. The van der Waals surface area contributed by atoms with Gasteiger partial charge in [-0.05, 0) is 37.7 Å². The molecule has 0 amide bonds. The van der Waals surface area contributed by atoms with Gasteiger partial charge in [0, 0.05) is 47.7 Å². The van der Waals surface area contributed by atoms with E-state index in [4.69, 9.17) is 11.6 Å². The monoisotopic (exact) mass is 312 g/mol. The Bertz CT molecular complexity index is 434. The maximum atomic E-state index is 6.43. The molecule has 0 aliphatic heterocycles. The molecule has 1 aliphatic rings. The molecular weight excluding hydrogens is 288 g/mol. The summed E-state index contributed by atoms with van der Waals surface area (Å²) in [5.41, 5.74) is 2.51. The van der Waals surface area contributed by atoms with Gasteiger partial charge in [-0.25, -0.2) is 0 Å². The average Bonchev–Trinajstić information content (AvgIpc) is 3.26. The molecule has 1 unspecified atom stereocenters. The van der Waals surface area contributed by atoms with Crippen LogP contribution in [0.2, 0.25) is 5.02 Å². The molecule has 1 N–H and O–H groups in total. The summed E-state index contributed by atoms with van der Waals surface area (Å²) in [6.45, 7) is 3.13. The quantitative estimate of drug-likeness (QED) is 0.775. The van der Waals surface area contributed by atoms with Gasteiger partial charge >= 0.3 is 0 Å². The number of rotatable bonds is 8. The molecule has 0 heterocycles. The van der Waals surface area contributed by atoms with Crippen LogP contribution in [0, 0.1) is 0 Å². The average molecular weight is 313 g/mol. The van der Waals surface area contributed by atoms with Crippen molar-refractivity contribution >= 4 is 29.1 Å². The van der Waals surface area contributed by atoms with Crippen molar-refractivity contribution in [2.75, 3.05) is 24.0 Å². The van der Waals surface area contributed by atoms with Crippen LogP contribution in [0.4, 0.5) is 5.69 Å². The molecule has 1 atom stereocenters. The van der Waals surface area contributed by atoms with Gasteiger partial charge < -0.3 is 10.2 Å². The highest BCUT2D eigenvalue weighted by Crippen LogP contribution is 2.30. The summed E-state index contributed by atoms with van der Waals surface area (Å²) in [6, 6.07) is 7.51. The van der Waals surface area contributed by atoms with Crippen LogP contribution in [-0.4, -0.2) is 31.1 Å². The number of nitrogens with one attached hydrogen (secondary N) is 1. The highest BCUT2D eigenvalue weighted by atomic mass is 35.5. The van der Waals surface area contributed by atoms with E-state index in [0.717, 1.165) is 23.7 Å². The van der Waals surface area contributed by atoms with Crippen molar-refractivity contribution in [2.24, 2.45) is 0 Å². The lowest BCUT2D eigenvalue weighted by Crippen LogP contribution is -2.34. The second kappa shape index (κ2) is 7.58. The molecule has 0 radical (unpaired) electrons. The van der Waals surface area contributed by atoms with Gasteiger partial charge in [-0.3, -0.25) is 0 Å². The summed E-state index contributed by atoms with van der Waals surface area (Å²) in [4.78, 5) is 2.40. The topological polar surface area (TPSA) is 15.3 Å². The summed E-state index contributed by atoms with van der Waals surface area (Å²) in [5.74, 6) is 1.15. The minimum atomic E-state index is 0.558. The first-order valence-electron chi connectivity index (χ1n) is 7.39. The first kappa shape index (κ1) is 16.0. The highest BCUT2D eigenvalue weighted by Gasteiger charge is 2.22. The Morgan fingerprint density at radius 3 is 2.80 bits per heavy atom. The fourth-order valence-corrected chi connectivity index (χ4v) is 3.56. The van der Waals surface area contributed by atoms with E-state index in [1.165, 1.54) is 24.1 Å². The molecule has 112 valence electrons. The fraction of sp³-hybridized carbons (Fsp3) is 0.625. The van der Waals surface area contributed by atoms with Crippen LogP contribution in [0.15, 0.2) is 18.2 Å². The normalized spacial score (nSPS) is 16.2. The van der Waals surface area contributed by atoms with Gasteiger partial charge in [0.25, 0.3) is 0 Å². The van der Waals surface area contributed by atoms with E-state index in [9.17, 15) is 0 Å². The zero-order chi connectivity index (χ0) is 14.5. The number of halogens is 1. The molecule has 1 aliphatic carbocycles. The van der Waals surface area contributed by atoms with Crippen molar-refractivity contribution < 1.29 is 0 Å². The van der Waals surface area contributed by atoms with Gasteiger partial charge in [-0.2, -0.15) is 11.8 Å². The van der Waals surface area contributed by atoms with Gasteiger partial charge in [0.2, 0.25) is 0 Å². The maximum absolute atomic E-state index is 6.43. The Balaban J connectivity index is 2.17. The van der Waals surface area contributed by atoms with E-state index in [1.807, 2.05) is 17.8 Å². The molecule has 1 fully saturated rings. The van der Waals surface area contributed by atoms with Crippen LogP contribution >= 0.6 is 23.4 Å². The molecule has 2 nitrogen and oxygen atoms in total. The number of nitrogens with zero attached hydrogens (tertiary/aromatic N) is 1. The molecule has 2 rings (SSSR count). The van der Waals surface area contributed by atoms with Crippen molar-refractivity contribution in [2.45, 2.75) is 44.8 Å². The maximum Gasteiger partial charge on any atom is 0.0471 e. The molecule has 4 heteroatoms. The third kappa shape index (κ3) is 4.06. The van der Waals surface area contributed by atoms with E-state index >= 15 is 0 Å². The van der Waals surface area contributed by atoms with Crippen molar-refractivity contribution in [3.63, 3.8) is 0 Å². The van der Waals surface area contributed by atoms with Gasteiger partial charge in [-0.15, -0.1) is 0 Å². The Morgan fingerprint density at radius 1 is 1.45 bits per heavy atom. The molecule has 1 saturated carbocycles. The smallest absolute Gasteiger partial charge is 0.0471 e. The van der Waals surface area contributed by atoms with Gasteiger partial charge in [0.05, 0.1) is 0 Å². The SMILES string of the molecule is CCC(CSC)N(C)c1cccc(Cl)c1CNC1CC1. The first-order chi connectivity index (χ1) is 9.67. The Kier molecular flexibility index (Phi) is 6.06. The third-order valence-electron chi connectivity index (χ3n) is 4.00. The van der Waals surface area contributed by atoms with Crippen molar-refractivity contribution in [3.8, 4) is 0 Å². The zero-order valence-electron chi connectivity index (χ0n) is 12.7. The van der Waals surface area contributed by atoms with E-state index < -0.39 is 0 Å². The molecule has 0 aromatic heterocycles. The van der Waals surface area contributed by atoms with E-state index in [1.54, 1.807) is 0 Å². The summed E-state index contributed by atoms with van der Waals surface area (Å²) in [5, 5.41) is 4.46. The second-order valence-electron chi connectivity index (χ2n) is 5.52.